The van der Waals surface area contributed by atoms with E-state index in [0.717, 1.165) is 6.20 Å². The van der Waals surface area contributed by atoms with Crippen molar-refractivity contribution in [2.75, 3.05) is 6.54 Å². The summed E-state index contributed by atoms with van der Waals surface area (Å²) in [4.78, 5) is 29.2. The molecule has 1 aliphatic heterocycles. The fourth-order valence-electron chi connectivity index (χ4n) is 2.18. The molecule has 0 saturated carbocycles. The third kappa shape index (κ3) is 2.43. The van der Waals surface area contributed by atoms with Gasteiger partial charge in [0.05, 0.1) is 12.7 Å². The van der Waals surface area contributed by atoms with Crippen LogP contribution >= 0.6 is 0 Å². The first kappa shape index (κ1) is 13.5. The van der Waals surface area contributed by atoms with Gasteiger partial charge in [-0.05, 0) is 25.0 Å². The molecule has 1 unspecified atom stereocenters. The van der Waals surface area contributed by atoms with Gasteiger partial charge in [0.25, 0.3) is 0 Å². The van der Waals surface area contributed by atoms with Crippen molar-refractivity contribution in [3.8, 4) is 0 Å². The van der Waals surface area contributed by atoms with E-state index in [0.29, 0.717) is 12.0 Å². The molecular weight excluding hydrogens is 249 g/mol. The Morgan fingerprint density at radius 1 is 1.47 bits per heavy atom. The zero-order valence-corrected chi connectivity index (χ0v) is 10.9. The van der Waals surface area contributed by atoms with Crippen molar-refractivity contribution in [1.29, 1.82) is 0 Å². The van der Waals surface area contributed by atoms with E-state index in [1.54, 1.807) is 6.92 Å². The lowest BCUT2D eigenvalue weighted by Gasteiger charge is -2.43. The van der Waals surface area contributed by atoms with Crippen molar-refractivity contribution in [3.05, 3.63) is 29.8 Å². The SMILES string of the molecule is CCC1(C)C(=O)NCC(=O)N1Cc1cncc(F)c1. The largest absolute Gasteiger partial charge is 0.345 e. The number of piperazine rings is 1. The summed E-state index contributed by atoms with van der Waals surface area (Å²) in [5, 5.41) is 2.58. The Morgan fingerprint density at radius 2 is 2.21 bits per heavy atom. The van der Waals surface area contributed by atoms with E-state index >= 15 is 0 Å². The Balaban J connectivity index is 2.29. The van der Waals surface area contributed by atoms with E-state index < -0.39 is 11.4 Å². The monoisotopic (exact) mass is 265 g/mol. The summed E-state index contributed by atoms with van der Waals surface area (Å²) in [5.41, 5.74) is -0.329. The van der Waals surface area contributed by atoms with Crippen molar-refractivity contribution in [3.63, 3.8) is 0 Å². The van der Waals surface area contributed by atoms with Gasteiger partial charge in [-0.2, -0.15) is 0 Å². The summed E-state index contributed by atoms with van der Waals surface area (Å²) in [6.07, 6.45) is 3.10. The van der Waals surface area contributed by atoms with Crippen LogP contribution in [-0.2, 0) is 16.1 Å². The molecule has 5 nitrogen and oxygen atoms in total. The molecule has 0 bridgehead atoms. The summed E-state index contributed by atoms with van der Waals surface area (Å²) in [5.74, 6) is -0.809. The summed E-state index contributed by atoms with van der Waals surface area (Å²) >= 11 is 0. The van der Waals surface area contributed by atoms with Gasteiger partial charge in [0.2, 0.25) is 11.8 Å². The maximum atomic E-state index is 13.1. The van der Waals surface area contributed by atoms with E-state index in [9.17, 15) is 14.0 Å². The van der Waals surface area contributed by atoms with Crippen molar-refractivity contribution in [2.24, 2.45) is 0 Å². The molecule has 2 heterocycles. The summed E-state index contributed by atoms with van der Waals surface area (Å²) in [6, 6.07) is 1.32. The highest BCUT2D eigenvalue weighted by Crippen LogP contribution is 2.25. The lowest BCUT2D eigenvalue weighted by molar-refractivity contribution is -0.153. The average molecular weight is 265 g/mol. The Kier molecular flexibility index (Phi) is 3.50. The number of halogens is 1. The van der Waals surface area contributed by atoms with E-state index in [2.05, 4.69) is 10.3 Å². The van der Waals surface area contributed by atoms with Crippen molar-refractivity contribution >= 4 is 11.8 Å². The highest BCUT2D eigenvalue weighted by Gasteiger charge is 2.43. The molecule has 6 heteroatoms. The molecule has 1 fully saturated rings. The molecule has 0 radical (unpaired) electrons. The first-order valence-corrected chi connectivity index (χ1v) is 6.15. The highest BCUT2D eigenvalue weighted by atomic mass is 19.1. The van der Waals surface area contributed by atoms with Gasteiger partial charge >= 0.3 is 0 Å². The molecule has 0 aromatic carbocycles. The average Bonchev–Trinajstić information content (AvgIpc) is 2.39. The second-order valence-electron chi connectivity index (χ2n) is 4.80. The molecule has 19 heavy (non-hydrogen) atoms. The van der Waals surface area contributed by atoms with E-state index in [-0.39, 0.29) is 24.9 Å². The van der Waals surface area contributed by atoms with Crippen LogP contribution in [0, 0.1) is 5.82 Å². The lowest BCUT2D eigenvalue weighted by atomic mass is 9.92. The van der Waals surface area contributed by atoms with Crippen molar-refractivity contribution in [2.45, 2.75) is 32.4 Å². The summed E-state index contributed by atoms with van der Waals surface area (Å²) in [7, 11) is 0. The molecule has 102 valence electrons. The lowest BCUT2D eigenvalue weighted by Crippen LogP contribution is -2.65. The number of carbonyl (C=O) groups excluding carboxylic acids is 2. The van der Waals surface area contributed by atoms with Crippen LogP contribution < -0.4 is 5.32 Å². The Bertz CT molecular complexity index is 520. The Morgan fingerprint density at radius 3 is 2.84 bits per heavy atom. The van der Waals surface area contributed by atoms with E-state index in [4.69, 9.17) is 0 Å². The van der Waals surface area contributed by atoms with Crippen LogP contribution in [0.3, 0.4) is 0 Å². The maximum absolute atomic E-state index is 13.1. The van der Waals surface area contributed by atoms with Crippen molar-refractivity contribution in [1.82, 2.24) is 15.2 Å². The Labute approximate surface area is 110 Å². The van der Waals surface area contributed by atoms with Gasteiger partial charge in [0.15, 0.2) is 0 Å². The quantitative estimate of drug-likeness (QED) is 0.881. The molecule has 0 spiro atoms. The fourth-order valence-corrected chi connectivity index (χ4v) is 2.18. The second-order valence-corrected chi connectivity index (χ2v) is 4.80. The highest BCUT2D eigenvalue weighted by molar-refractivity contribution is 5.97. The zero-order valence-electron chi connectivity index (χ0n) is 10.9. The first-order chi connectivity index (χ1) is 8.97. The van der Waals surface area contributed by atoms with Gasteiger partial charge < -0.3 is 10.2 Å². The number of pyridine rings is 1. The standard InChI is InChI=1S/C13H16FN3O2/c1-3-13(2)12(19)16-7-11(18)17(13)8-9-4-10(14)6-15-5-9/h4-6H,3,7-8H2,1-2H3,(H,16,19). The molecule has 1 aliphatic rings. The molecule has 1 atom stereocenters. The van der Waals surface area contributed by atoms with Crippen LogP contribution in [0.15, 0.2) is 18.5 Å². The van der Waals surface area contributed by atoms with E-state index in [1.165, 1.54) is 17.2 Å². The zero-order chi connectivity index (χ0) is 14.0. The minimum Gasteiger partial charge on any atom is -0.345 e. The smallest absolute Gasteiger partial charge is 0.246 e. The minimum atomic E-state index is -0.901. The molecule has 1 saturated heterocycles. The topological polar surface area (TPSA) is 62.3 Å². The second kappa shape index (κ2) is 4.95. The molecule has 2 amide bonds. The first-order valence-electron chi connectivity index (χ1n) is 6.15. The van der Waals surface area contributed by atoms with Crippen LogP contribution in [0.25, 0.3) is 0 Å². The van der Waals surface area contributed by atoms with Crippen molar-refractivity contribution < 1.29 is 14.0 Å². The number of nitrogens with zero attached hydrogens (tertiary/aromatic N) is 2. The fraction of sp³-hybridized carbons (Fsp3) is 0.462. The number of carbonyl (C=O) groups is 2. The molecule has 1 N–H and O–H groups in total. The third-order valence-corrected chi connectivity index (χ3v) is 3.58. The number of hydrogen-bond donors (Lipinski definition) is 1. The van der Waals surface area contributed by atoms with Gasteiger partial charge in [0, 0.05) is 12.7 Å². The molecule has 0 aliphatic carbocycles. The number of aromatic nitrogens is 1. The molecule has 1 aromatic rings. The van der Waals surface area contributed by atoms with Crippen LogP contribution in [0.1, 0.15) is 25.8 Å². The van der Waals surface area contributed by atoms with Gasteiger partial charge in [-0.15, -0.1) is 0 Å². The minimum absolute atomic E-state index is 0.0167. The normalized spacial score (nSPS) is 23.4. The predicted molar refractivity (Wildman–Crippen MR) is 66.5 cm³/mol. The molecule has 2 rings (SSSR count). The summed E-state index contributed by atoms with van der Waals surface area (Å²) < 4.78 is 13.1. The number of hydrogen-bond acceptors (Lipinski definition) is 3. The third-order valence-electron chi connectivity index (χ3n) is 3.58. The summed E-state index contributed by atoms with van der Waals surface area (Å²) in [6.45, 7) is 3.72. The van der Waals surface area contributed by atoms with Gasteiger partial charge in [0.1, 0.15) is 11.4 Å². The number of nitrogens with one attached hydrogen (secondary N) is 1. The molecular formula is C13H16FN3O2. The Hall–Kier alpha value is -1.98. The predicted octanol–water partition coefficient (Wildman–Crippen LogP) is 0.848. The van der Waals surface area contributed by atoms with Crippen LogP contribution in [0.2, 0.25) is 0 Å². The van der Waals surface area contributed by atoms with Crippen LogP contribution in [0.4, 0.5) is 4.39 Å². The van der Waals surface area contributed by atoms with E-state index in [1.807, 2.05) is 6.92 Å². The number of rotatable bonds is 3. The van der Waals surface area contributed by atoms with Gasteiger partial charge in [-0.25, -0.2) is 4.39 Å². The number of amides is 2. The van der Waals surface area contributed by atoms with Crippen LogP contribution in [0.5, 0.6) is 0 Å². The maximum Gasteiger partial charge on any atom is 0.246 e. The van der Waals surface area contributed by atoms with Crippen LogP contribution in [-0.4, -0.2) is 33.8 Å². The van der Waals surface area contributed by atoms with Gasteiger partial charge in [-0.3, -0.25) is 14.6 Å². The van der Waals surface area contributed by atoms with Gasteiger partial charge in [-0.1, -0.05) is 6.92 Å². The molecule has 1 aromatic heterocycles.